The zero-order valence-electron chi connectivity index (χ0n) is 6.53. The van der Waals surface area contributed by atoms with Crippen LogP contribution in [0.2, 0.25) is 0 Å². The maximum atomic E-state index is 11.6. The van der Waals surface area contributed by atoms with Crippen LogP contribution in [0, 0.1) is 23.7 Å². The van der Waals surface area contributed by atoms with E-state index in [2.05, 4.69) is 34.2 Å². The van der Waals surface area contributed by atoms with E-state index < -0.39 is 0 Å². The van der Waals surface area contributed by atoms with Gasteiger partial charge in [0.1, 0.15) is 0 Å². The van der Waals surface area contributed by atoms with E-state index in [-0.39, 0.29) is 5.92 Å². The molecule has 0 heterocycles. The highest BCUT2D eigenvalue weighted by molar-refractivity contribution is 9.12. The monoisotopic (exact) mass is 224 g/mol. The van der Waals surface area contributed by atoms with Crippen molar-refractivity contribution in [1.29, 1.82) is 0 Å². The third-order valence-electron chi connectivity index (χ3n) is 3.40. The number of hydrogen-bond acceptors (Lipinski definition) is 1. The number of hydrogen-bond donors (Lipinski definition) is 0. The Kier molecular flexibility index (Phi) is 1.24. The van der Waals surface area contributed by atoms with E-state index in [1.54, 1.807) is 0 Å². The molecule has 3 aliphatic rings. The Hall–Kier alpha value is -0.370. The van der Waals surface area contributed by atoms with Gasteiger partial charge >= 0.3 is 0 Å². The number of carbonyl (C=O) groups is 1. The highest BCUT2D eigenvalue weighted by Crippen LogP contribution is 2.53. The second-order valence-corrected chi connectivity index (χ2v) is 4.78. The van der Waals surface area contributed by atoms with Crippen molar-refractivity contribution in [3.05, 3.63) is 22.7 Å². The largest absolute Gasteiger partial charge is 0.293 e. The normalized spacial score (nSPS) is 48.4. The molecular weight excluding hydrogens is 216 g/mol. The molecule has 0 N–H and O–H groups in total. The maximum absolute atomic E-state index is 11.6. The third-order valence-corrected chi connectivity index (χ3v) is 4.05. The highest BCUT2D eigenvalue weighted by atomic mass is 79.9. The summed E-state index contributed by atoms with van der Waals surface area (Å²) in [4.78, 5) is 11.6. The number of rotatable bonds is 0. The number of halogens is 1. The molecule has 0 saturated heterocycles. The average Bonchev–Trinajstić information content (AvgIpc) is 2.66. The van der Waals surface area contributed by atoms with Crippen molar-refractivity contribution in [2.75, 3.05) is 0 Å². The Balaban J connectivity index is 2.07. The molecule has 0 radical (unpaired) electrons. The van der Waals surface area contributed by atoms with Gasteiger partial charge in [-0.3, -0.25) is 4.79 Å². The van der Waals surface area contributed by atoms with Crippen molar-refractivity contribution < 1.29 is 4.79 Å². The molecule has 4 unspecified atom stereocenters. The van der Waals surface area contributed by atoms with Crippen LogP contribution in [0.4, 0.5) is 0 Å². The molecule has 0 amide bonds. The lowest BCUT2D eigenvalue weighted by atomic mass is 9.85. The molecule has 1 nitrogen and oxygen atoms in total. The molecule has 4 atom stereocenters. The fourth-order valence-corrected chi connectivity index (χ4v) is 3.44. The van der Waals surface area contributed by atoms with Crippen LogP contribution in [0.5, 0.6) is 0 Å². The number of ketones is 1. The maximum Gasteiger partial charge on any atom is 0.173 e. The first-order valence-electron chi connectivity index (χ1n) is 4.37. The van der Waals surface area contributed by atoms with E-state index >= 15 is 0 Å². The summed E-state index contributed by atoms with van der Waals surface area (Å²) in [5.74, 6) is 2.32. The molecule has 0 aliphatic heterocycles. The van der Waals surface area contributed by atoms with E-state index in [0.717, 1.165) is 4.48 Å². The van der Waals surface area contributed by atoms with Gasteiger partial charge in [-0.1, -0.05) is 18.2 Å². The lowest BCUT2D eigenvalue weighted by molar-refractivity contribution is -0.118. The Labute approximate surface area is 79.7 Å². The predicted molar refractivity (Wildman–Crippen MR) is 49.7 cm³/mol. The molecule has 3 rings (SSSR count). The van der Waals surface area contributed by atoms with Gasteiger partial charge in [0.25, 0.3) is 0 Å². The first kappa shape index (κ1) is 7.07. The molecule has 2 bridgehead atoms. The van der Waals surface area contributed by atoms with E-state index in [4.69, 9.17) is 0 Å². The van der Waals surface area contributed by atoms with E-state index in [1.807, 2.05) is 0 Å². The van der Waals surface area contributed by atoms with Crippen LogP contribution in [0.25, 0.3) is 0 Å². The average molecular weight is 225 g/mol. The molecule has 0 spiro atoms. The molecular formula is C10H9BrO. The number of fused-ring (bicyclic) bond motifs is 5. The van der Waals surface area contributed by atoms with Gasteiger partial charge in [0.2, 0.25) is 0 Å². The van der Waals surface area contributed by atoms with Gasteiger partial charge in [-0.05, 0) is 40.1 Å². The van der Waals surface area contributed by atoms with Gasteiger partial charge < -0.3 is 0 Å². The molecule has 1 fully saturated rings. The molecule has 3 aliphatic carbocycles. The number of allylic oxidation sites excluding steroid dienone is 4. The minimum absolute atomic E-state index is 0.286. The fraction of sp³-hybridized carbons (Fsp3) is 0.500. The van der Waals surface area contributed by atoms with Crippen LogP contribution in [0.15, 0.2) is 22.7 Å². The summed E-state index contributed by atoms with van der Waals surface area (Å²) in [6.07, 6.45) is 7.82. The van der Waals surface area contributed by atoms with Gasteiger partial charge in [0.15, 0.2) is 5.78 Å². The zero-order chi connectivity index (χ0) is 8.29. The van der Waals surface area contributed by atoms with Crippen LogP contribution >= 0.6 is 15.9 Å². The van der Waals surface area contributed by atoms with Crippen LogP contribution in [0.3, 0.4) is 0 Å². The van der Waals surface area contributed by atoms with Crippen molar-refractivity contribution in [2.45, 2.75) is 6.42 Å². The van der Waals surface area contributed by atoms with Gasteiger partial charge in [0, 0.05) is 5.92 Å². The third kappa shape index (κ3) is 0.674. The molecule has 0 aromatic rings. The summed E-state index contributed by atoms with van der Waals surface area (Å²) in [6.45, 7) is 0. The van der Waals surface area contributed by atoms with Crippen LogP contribution in [-0.4, -0.2) is 5.78 Å². The van der Waals surface area contributed by atoms with Crippen molar-refractivity contribution in [3.8, 4) is 0 Å². The van der Waals surface area contributed by atoms with E-state index in [1.165, 1.54) is 6.42 Å². The van der Waals surface area contributed by atoms with Crippen molar-refractivity contribution in [3.63, 3.8) is 0 Å². The SMILES string of the molecule is O=C1C(Br)=CC2C3C=CC(C3)C12. The summed E-state index contributed by atoms with van der Waals surface area (Å²) in [7, 11) is 0. The first-order valence-corrected chi connectivity index (χ1v) is 5.16. The Morgan fingerprint density at radius 1 is 1.33 bits per heavy atom. The van der Waals surface area contributed by atoms with Crippen molar-refractivity contribution in [2.24, 2.45) is 23.7 Å². The standard InChI is InChI=1S/C10H9BrO/c11-8-4-7-5-1-2-6(3-5)9(7)10(8)12/h1-2,4-7,9H,3H2. The van der Waals surface area contributed by atoms with Crippen LogP contribution in [0.1, 0.15) is 6.42 Å². The van der Waals surface area contributed by atoms with Gasteiger partial charge in [0.05, 0.1) is 4.48 Å². The summed E-state index contributed by atoms with van der Waals surface area (Å²) >= 11 is 3.33. The molecule has 0 aromatic heterocycles. The fourth-order valence-electron chi connectivity index (χ4n) is 2.87. The first-order chi connectivity index (χ1) is 5.77. The molecule has 2 heteroatoms. The summed E-state index contributed by atoms with van der Waals surface area (Å²) < 4.78 is 0.816. The van der Waals surface area contributed by atoms with Crippen molar-refractivity contribution >= 4 is 21.7 Å². The molecule has 1 saturated carbocycles. The Morgan fingerprint density at radius 3 is 2.83 bits per heavy atom. The van der Waals surface area contributed by atoms with Crippen molar-refractivity contribution in [1.82, 2.24) is 0 Å². The second kappa shape index (κ2) is 2.11. The van der Waals surface area contributed by atoms with Crippen LogP contribution < -0.4 is 0 Å². The minimum atomic E-state index is 0.286. The minimum Gasteiger partial charge on any atom is -0.293 e. The van der Waals surface area contributed by atoms with Gasteiger partial charge in [-0.2, -0.15) is 0 Å². The summed E-state index contributed by atoms with van der Waals surface area (Å²) in [5, 5.41) is 0. The number of Topliss-reactive ketones (excluding diaryl/α,β-unsaturated/α-hetero) is 1. The van der Waals surface area contributed by atoms with E-state index in [9.17, 15) is 4.79 Å². The van der Waals surface area contributed by atoms with E-state index in [0.29, 0.717) is 23.5 Å². The molecule has 0 aromatic carbocycles. The zero-order valence-corrected chi connectivity index (χ0v) is 8.12. The molecule has 12 heavy (non-hydrogen) atoms. The lowest BCUT2D eigenvalue weighted by Crippen LogP contribution is -2.20. The van der Waals surface area contributed by atoms with Gasteiger partial charge in [-0.25, -0.2) is 0 Å². The Bertz CT molecular complexity index is 316. The molecule has 62 valence electrons. The smallest absolute Gasteiger partial charge is 0.173 e. The summed E-state index contributed by atoms with van der Waals surface area (Å²) in [6, 6.07) is 0. The highest BCUT2D eigenvalue weighted by Gasteiger charge is 2.50. The Morgan fingerprint density at radius 2 is 2.08 bits per heavy atom. The topological polar surface area (TPSA) is 17.1 Å². The summed E-state index contributed by atoms with van der Waals surface area (Å²) in [5.41, 5.74) is 0. The van der Waals surface area contributed by atoms with Gasteiger partial charge in [-0.15, -0.1) is 0 Å². The lowest BCUT2D eigenvalue weighted by Gasteiger charge is -2.17. The second-order valence-electron chi connectivity index (χ2n) is 3.93. The van der Waals surface area contributed by atoms with Crippen LogP contribution in [-0.2, 0) is 4.79 Å². The number of carbonyl (C=O) groups excluding carboxylic acids is 1. The quantitative estimate of drug-likeness (QED) is 0.578. The predicted octanol–water partition coefficient (Wildman–Crippen LogP) is 2.29.